The van der Waals surface area contributed by atoms with E-state index in [1.807, 2.05) is 0 Å². The molecule has 1 saturated heterocycles. The lowest BCUT2D eigenvalue weighted by atomic mass is 10.3. The molecule has 18 heavy (non-hydrogen) atoms. The van der Waals surface area contributed by atoms with Crippen molar-refractivity contribution < 1.29 is 33.6 Å². The summed E-state index contributed by atoms with van der Waals surface area (Å²) < 4.78 is 19.7. The molecule has 0 aromatic rings. The number of thioether (sulfide) groups is 1. The normalized spacial score (nSPS) is 21.3. The first kappa shape index (κ1) is 15.2. The van der Waals surface area contributed by atoms with Crippen LogP contribution in [0, 0.1) is 0 Å². The Hall–Kier alpha value is -0.830. The largest absolute Gasteiger partial charge is 0.479 e. The van der Waals surface area contributed by atoms with E-state index in [-0.39, 0.29) is 19.8 Å². The number of esters is 1. The van der Waals surface area contributed by atoms with Crippen LogP contribution >= 0.6 is 11.8 Å². The Kier molecular flexibility index (Phi) is 7.02. The van der Waals surface area contributed by atoms with Gasteiger partial charge in [0.2, 0.25) is 0 Å². The van der Waals surface area contributed by atoms with Crippen LogP contribution in [-0.4, -0.2) is 67.9 Å². The molecular formula is C10H16O7S. The Labute approximate surface area is 109 Å². The zero-order valence-corrected chi connectivity index (χ0v) is 10.8. The van der Waals surface area contributed by atoms with Crippen LogP contribution in [0.5, 0.6) is 0 Å². The second-order valence-corrected chi connectivity index (χ2v) is 4.66. The summed E-state index contributed by atoms with van der Waals surface area (Å²) in [5, 5.41) is 8.92. The van der Waals surface area contributed by atoms with Gasteiger partial charge in [-0.3, -0.25) is 0 Å². The van der Waals surface area contributed by atoms with Gasteiger partial charge in [-0.05, 0) is 0 Å². The number of hydrogen-bond acceptors (Lipinski definition) is 7. The summed E-state index contributed by atoms with van der Waals surface area (Å²) in [6, 6.07) is 0. The van der Waals surface area contributed by atoms with Crippen LogP contribution in [0.3, 0.4) is 0 Å². The molecule has 1 fully saturated rings. The highest BCUT2D eigenvalue weighted by atomic mass is 32.2. The highest BCUT2D eigenvalue weighted by molar-refractivity contribution is 7.99. The van der Waals surface area contributed by atoms with E-state index in [0.717, 1.165) is 0 Å². The van der Waals surface area contributed by atoms with Gasteiger partial charge >= 0.3 is 11.9 Å². The summed E-state index contributed by atoms with van der Waals surface area (Å²) >= 11 is 1.41. The number of carboxylic acids is 1. The lowest BCUT2D eigenvalue weighted by molar-refractivity contribution is -0.173. The van der Waals surface area contributed by atoms with Crippen LogP contribution in [-0.2, 0) is 28.5 Å². The van der Waals surface area contributed by atoms with Gasteiger partial charge in [0, 0.05) is 12.9 Å². The van der Waals surface area contributed by atoms with Crippen molar-refractivity contribution in [3.8, 4) is 0 Å². The third-order valence-electron chi connectivity index (χ3n) is 2.04. The number of carboxylic acid groups (broad SMARTS) is 1. The zero-order valence-electron chi connectivity index (χ0n) is 10.00. The van der Waals surface area contributed by atoms with Gasteiger partial charge in [0.15, 0.2) is 0 Å². The Morgan fingerprint density at radius 1 is 1.50 bits per heavy atom. The minimum absolute atomic E-state index is 0.00319. The summed E-state index contributed by atoms with van der Waals surface area (Å²) in [6.45, 7) is 1.07. The number of rotatable bonds is 7. The van der Waals surface area contributed by atoms with Crippen LogP contribution in [0.4, 0.5) is 0 Å². The molecule has 0 saturated carbocycles. The van der Waals surface area contributed by atoms with Crippen molar-refractivity contribution in [3.05, 3.63) is 0 Å². The molecule has 0 aliphatic carbocycles. The zero-order chi connectivity index (χ0) is 13.4. The Morgan fingerprint density at radius 2 is 2.28 bits per heavy atom. The summed E-state index contributed by atoms with van der Waals surface area (Å²) in [6.07, 6.45) is -1.62. The Morgan fingerprint density at radius 3 is 2.83 bits per heavy atom. The van der Waals surface area contributed by atoms with Gasteiger partial charge in [-0.1, -0.05) is 0 Å². The summed E-state index contributed by atoms with van der Waals surface area (Å²) in [5.74, 6) is -1.59. The van der Waals surface area contributed by atoms with E-state index in [4.69, 9.17) is 24.1 Å². The maximum atomic E-state index is 11.5. The molecule has 0 aromatic heterocycles. The summed E-state index contributed by atoms with van der Waals surface area (Å²) in [4.78, 5) is 22.4. The maximum Gasteiger partial charge on any atom is 0.347 e. The number of carbonyl (C=O) groups is 2. The van der Waals surface area contributed by atoms with Crippen molar-refractivity contribution in [2.45, 2.75) is 11.5 Å². The predicted octanol–water partition coefficient (Wildman–Crippen LogP) is -0.265. The Balaban J connectivity index is 2.42. The minimum atomic E-state index is -1.62. The van der Waals surface area contributed by atoms with E-state index < -0.39 is 23.5 Å². The Bertz CT molecular complexity index is 277. The number of aliphatic carboxylic acids is 1. The van der Waals surface area contributed by atoms with E-state index in [9.17, 15) is 9.59 Å². The topological polar surface area (TPSA) is 91.3 Å². The van der Waals surface area contributed by atoms with Crippen molar-refractivity contribution in [1.82, 2.24) is 0 Å². The van der Waals surface area contributed by atoms with E-state index in [2.05, 4.69) is 0 Å². The van der Waals surface area contributed by atoms with E-state index in [0.29, 0.717) is 12.4 Å². The average molecular weight is 280 g/mol. The SMILES string of the molecule is COCCOC(=O)C(OC1COCCS1)C(=O)O. The molecule has 0 amide bonds. The average Bonchev–Trinajstić information content (AvgIpc) is 2.37. The molecule has 0 radical (unpaired) electrons. The molecule has 1 rings (SSSR count). The van der Waals surface area contributed by atoms with Gasteiger partial charge in [0.25, 0.3) is 6.10 Å². The molecule has 1 heterocycles. The van der Waals surface area contributed by atoms with Gasteiger partial charge in [-0.25, -0.2) is 9.59 Å². The summed E-state index contributed by atoms with van der Waals surface area (Å²) in [7, 11) is 1.45. The first-order chi connectivity index (χ1) is 8.65. The first-order valence-electron chi connectivity index (χ1n) is 5.38. The third kappa shape index (κ3) is 5.21. The van der Waals surface area contributed by atoms with E-state index >= 15 is 0 Å². The molecule has 1 N–H and O–H groups in total. The third-order valence-corrected chi connectivity index (χ3v) is 3.06. The monoisotopic (exact) mass is 280 g/mol. The van der Waals surface area contributed by atoms with Crippen LogP contribution in [0.2, 0.25) is 0 Å². The van der Waals surface area contributed by atoms with E-state index in [1.165, 1.54) is 18.9 Å². The van der Waals surface area contributed by atoms with Gasteiger partial charge in [-0.2, -0.15) is 0 Å². The molecule has 104 valence electrons. The molecular weight excluding hydrogens is 264 g/mol. The van der Waals surface area contributed by atoms with Crippen molar-refractivity contribution in [3.63, 3.8) is 0 Å². The molecule has 1 aliphatic heterocycles. The van der Waals surface area contributed by atoms with Crippen LogP contribution in [0.25, 0.3) is 0 Å². The summed E-state index contributed by atoms with van der Waals surface area (Å²) in [5.41, 5.74) is -0.463. The fourth-order valence-corrected chi connectivity index (χ4v) is 2.07. The van der Waals surface area contributed by atoms with Crippen molar-refractivity contribution >= 4 is 23.7 Å². The van der Waals surface area contributed by atoms with Crippen LogP contribution in [0.1, 0.15) is 0 Å². The number of ether oxygens (including phenoxy) is 4. The molecule has 2 unspecified atom stereocenters. The number of hydrogen-bond donors (Lipinski definition) is 1. The number of carbonyl (C=O) groups excluding carboxylic acids is 1. The standard InChI is InChI=1S/C10H16O7S/c1-14-2-3-16-10(13)8(9(11)12)17-7-6-15-4-5-18-7/h7-8H,2-6H2,1H3,(H,11,12). The smallest absolute Gasteiger partial charge is 0.347 e. The molecule has 0 aromatic carbocycles. The lowest BCUT2D eigenvalue weighted by Crippen LogP contribution is -2.39. The highest BCUT2D eigenvalue weighted by Gasteiger charge is 2.32. The highest BCUT2D eigenvalue weighted by Crippen LogP contribution is 2.19. The predicted molar refractivity (Wildman–Crippen MR) is 62.4 cm³/mol. The molecule has 7 nitrogen and oxygen atoms in total. The second-order valence-electron chi connectivity index (χ2n) is 3.39. The quantitative estimate of drug-likeness (QED) is 0.387. The fourth-order valence-electron chi connectivity index (χ4n) is 1.21. The van der Waals surface area contributed by atoms with Gasteiger partial charge in [0.1, 0.15) is 12.0 Å². The first-order valence-corrected chi connectivity index (χ1v) is 6.43. The minimum Gasteiger partial charge on any atom is -0.479 e. The van der Waals surface area contributed by atoms with Gasteiger partial charge < -0.3 is 24.1 Å². The van der Waals surface area contributed by atoms with Crippen molar-refractivity contribution in [2.24, 2.45) is 0 Å². The maximum absolute atomic E-state index is 11.5. The fraction of sp³-hybridized carbons (Fsp3) is 0.800. The van der Waals surface area contributed by atoms with Gasteiger partial charge in [-0.15, -0.1) is 11.8 Å². The number of methoxy groups -OCH3 is 1. The molecule has 0 bridgehead atoms. The van der Waals surface area contributed by atoms with E-state index in [1.54, 1.807) is 0 Å². The van der Waals surface area contributed by atoms with Crippen LogP contribution < -0.4 is 0 Å². The van der Waals surface area contributed by atoms with Crippen molar-refractivity contribution in [1.29, 1.82) is 0 Å². The molecule has 1 aliphatic rings. The van der Waals surface area contributed by atoms with Crippen molar-refractivity contribution in [2.75, 3.05) is 39.3 Å². The molecule has 8 heteroatoms. The van der Waals surface area contributed by atoms with Gasteiger partial charge in [0.05, 0.1) is 19.8 Å². The lowest BCUT2D eigenvalue weighted by Gasteiger charge is -2.24. The molecule has 0 spiro atoms. The molecule has 2 atom stereocenters. The van der Waals surface area contributed by atoms with Crippen LogP contribution in [0.15, 0.2) is 0 Å². The second kappa shape index (κ2) is 8.30.